The van der Waals surface area contributed by atoms with Crippen molar-refractivity contribution in [1.82, 2.24) is 5.32 Å². The monoisotopic (exact) mass is 267 g/mol. The highest BCUT2D eigenvalue weighted by atomic mass is 35.5. The fourth-order valence-electron chi connectivity index (χ4n) is 2.60. The number of rotatable bonds is 5. The van der Waals surface area contributed by atoms with Crippen molar-refractivity contribution < 1.29 is 4.74 Å². The standard InChI is InChI=1S/C15H22ClNO/c1-2-17-14-9-5-6-10-15(14)18-11-12-7-3-4-8-13(12)16/h3-4,7-8,14-15,17H,2,5-6,9-11H2,1H3. The summed E-state index contributed by atoms with van der Waals surface area (Å²) >= 11 is 6.14. The Morgan fingerprint density at radius 1 is 1.28 bits per heavy atom. The Morgan fingerprint density at radius 2 is 2.06 bits per heavy atom. The third-order valence-electron chi connectivity index (χ3n) is 3.58. The van der Waals surface area contributed by atoms with Crippen LogP contribution in [0.2, 0.25) is 5.02 Å². The smallest absolute Gasteiger partial charge is 0.0735 e. The average Bonchev–Trinajstić information content (AvgIpc) is 2.40. The van der Waals surface area contributed by atoms with Crippen molar-refractivity contribution >= 4 is 11.6 Å². The molecule has 1 fully saturated rings. The molecule has 0 bridgehead atoms. The van der Waals surface area contributed by atoms with Crippen LogP contribution in [0.15, 0.2) is 24.3 Å². The van der Waals surface area contributed by atoms with Crippen LogP contribution < -0.4 is 5.32 Å². The Labute approximate surface area is 115 Å². The SMILES string of the molecule is CCNC1CCCCC1OCc1ccccc1Cl. The van der Waals surface area contributed by atoms with Gasteiger partial charge in [0.1, 0.15) is 0 Å². The molecule has 1 aromatic carbocycles. The van der Waals surface area contributed by atoms with Gasteiger partial charge in [-0.05, 0) is 31.0 Å². The van der Waals surface area contributed by atoms with Crippen molar-refractivity contribution in [1.29, 1.82) is 0 Å². The van der Waals surface area contributed by atoms with Crippen molar-refractivity contribution in [2.45, 2.75) is 51.4 Å². The molecule has 1 aromatic rings. The van der Waals surface area contributed by atoms with Gasteiger partial charge in [0, 0.05) is 11.1 Å². The van der Waals surface area contributed by atoms with Crippen LogP contribution in [0.25, 0.3) is 0 Å². The fraction of sp³-hybridized carbons (Fsp3) is 0.600. The van der Waals surface area contributed by atoms with Crippen LogP contribution in [-0.2, 0) is 11.3 Å². The molecule has 2 nitrogen and oxygen atoms in total. The van der Waals surface area contributed by atoms with Gasteiger partial charge >= 0.3 is 0 Å². The number of ether oxygens (including phenoxy) is 1. The van der Waals surface area contributed by atoms with Crippen molar-refractivity contribution in [3.05, 3.63) is 34.9 Å². The van der Waals surface area contributed by atoms with E-state index in [-0.39, 0.29) is 0 Å². The maximum Gasteiger partial charge on any atom is 0.0735 e. The molecule has 1 N–H and O–H groups in total. The summed E-state index contributed by atoms with van der Waals surface area (Å²) in [5.41, 5.74) is 1.08. The first kappa shape index (κ1) is 13.9. The van der Waals surface area contributed by atoms with Crippen molar-refractivity contribution in [3.8, 4) is 0 Å². The number of hydrogen-bond acceptors (Lipinski definition) is 2. The molecular formula is C15H22ClNO. The molecule has 2 rings (SSSR count). The third-order valence-corrected chi connectivity index (χ3v) is 3.95. The van der Waals surface area contributed by atoms with E-state index in [4.69, 9.17) is 16.3 Å². The van der Waals surface area contributed by atoms with E-state index in [1.165, 1.54) is 19.3 Å². The minimum atomic E-state index is 0.329. The quantitative estimate of drug-likeness (QED) is 0.877. The van der Waals surface area contributed by atoms with E-state index in [1.54, 1.807) is 0 Å². The maximum absolute atomic E-state index is 6.14. The maximum atomic E-state index is 6.14. The second-order valence-electron chi connectivity index (χ2n) is 4.89. The Hall–Kier alpha value is -0.570. The molecule has 3 heteroatoms. The number of nitrogens with one attached hydrogen (secondary N) is 1. The molecule has 100 valence electrons. The summed E-state index contributed by atoms with van der Waals surface area (Å²) in [5, 5.41) is 4.33. The molecule has 1 saturated carbocycles. The van der Waals surface area contributed by atoms with Crippen LogP contribution in [0.5, 0.6) is 0 Å². The molecule has 2 unspecified atom stereocenters. The van der Waals surface area contributed by atoms with Gasteiger partial charge in [0.2, 0.25) is 0 Å². The summed E-state index contributed by atoms with van der Waals surface area (Å²) in [6.45, 7) is 3.78. The van der Waals surface area contributed by atoms with Gasteiger partial charge in [0.15, 0.2) is 0 Å². The van der Waals surface area contributed by atoms with Gasteiger partial charge in [-0.25, -0.2) is 0 Å². The van der Waals surface area contributed by atoms with Gasteiger partial charge < -0.3 is 10.1 Å². The van der Waals surface area contributed by atoms with Crippen LogP contribution in [0.3, 0.4) is 0 Å². The highest BCUT2D eigenvalue weighted by molar-refractivity contribution is 6.31. The number of benzene rings is 1. The summed E-state index contributed by atoms with van der Waals surface area (Å²) in [5.74, 6) is 0. The van der Waals surface area contributed by atoms with E-state index >= 15 is 0 Å². The van der Waals surface area contributed by atoms with E-state index < -0.39 is 0 Å². The lowest BCUT2D eigenvalue weighted by Crippen LogP contribution is -2.43. The van der Waals surface area contributed by atoms with Gasteiger partial charge in [-0.15, -0.1) is 0 Å². The van der Waals surface area contributed by atoms with Crippen LogP contribution in [0, 0.1) is 0 Å². The minimum Gasteiger partial charge on any atom is -0.372 e. The van der Waals surface area contributed by atoms with Crippen LogP contribution >= 0.6 is 11.6 Å². The van der Waals surface area contributed by atoms with Crippen LogP contribution in [0.4, 0.5) is 0 Å². The molecule has 0 aromatic heterocycles. The second-order valence-corrected chi connectivity index (χ2v) is 5.30. The van der Waals surface area contributed by atoms with Gasteiger partial charge in [-0.3, -0.25) is 0 Å². The molecule has 1 aliphatic rings. The van der Waals surface area contributed by atoms with Crippen molar-refractivity contribution in [2.75, 3.05) is 6.54 Å². The second kappa shape index (κ2) is 7.13. The predicted octanol–water partition coefficient (Wildman–Crippen LogP) is 3.78. The Morgan fingerprint density at radius 3 is 2.83 bits per heavy atom. The van der Waals surface area contributed by atoms with Gasteiger partial charge in [-0.1, -0.05) is 49.6 Å². The number of hydrogen-bond donors (Lipinski definition) is 1. The van der Waals surface area contributed by atoms with Crippen LogP contribution in [0.1, 0.15) is 38.2 Å². The molecule has 0 aliphatic heterocycles. The molecule has 0 heterocycles. The average molecular weight is 268 g/mol. The Kier molecular flexibility index (Phi) is 5.48. The first-order valence-electron chi connectivity index (χ1n) is 6.89. The molecule has 0 saturated heterocycles. The topological polar surface area (TPSA) is 21.3 Å². The molecular weight excluding hydrogens is 246 g/mol. The normalized spacial score (nSPS) is 24.1. The van der Waals surface area contributed by atoms with E-state index in [0.29, 0.717) is 18.8 Å². The number of likely N-dealkylation sites (N-methyl/N-ethyl adjacent to an activating group) is 1. The molecule has 1 aliphatic carbocycles. The largest absolute Gasteiger partial charge is 0.372 e. The molecule has 18 heavy (non-hydrogen) atoms. The molecule has 0 amide bonds. The van der Waals surface area contributed by atoms with E-state index in [1.807, 2.05) is 24.3 Å². The minimum absolute atomic E-state index is 0.329. The van der Waals surface area contributed by atoms with Gasteiger partial charge in [0.05, 0.1) is 12.7 Å². The molecule has 0 spiro atoms. The zero-order valence-corrected chi connectivity index (χ0v) is 11.7. The Bertz CT molecular complexity index is 367. The summed E-state index contributed by atoms with van der Waals surface area (Å²) in [6.07, 6.45) is 5.29. The van der Waals surface area contributed by atoms with Gasteiger partial charge in [0.25, 0.3) is 0 Å². The summed E-state index contributed by atoms with van der Waals surface area (Å²) in [7, 11) is 0. The summed E-state index contributed by atoms with van der Waals surface area (Å²) in [6, 6.07) is 8.42. The fourth-order valence-corrected chi connectivity index (χ4v) is 2.79. The molecule has 0 radical (unpaired) electrons. The summed E-state index contributed by atoms with van der Waals surface area (Å²) in [4.78, 5) is 0. The van der Waals surface area contributed by atoms with Gasteiger partial charge in [-0.2, -0.15) is 0 Å². The van der Waals surface area contributed by atoms with E-state index in [9.17, 15) is 0 Å². The number of halogens is 1. The highest BCUT2D eigenvalue weighted by Crippen LogP contribution is 2.24. The first-order chi connectivity index (χ1) is 8.81. The third kappa shape index (κ3) is 3.71. The zero-order chi connectivity index (χ0) is 12.8. The molecule has 2 atom stereocenters. The highest BCUT2D eigenvalue weighted by Gasteiger charge is 2.24. The van der Waals surface area contributed by atoms with E-state index in [2.05, 4.69) is 12.2 Å². The lowest BCUT2D eigenvalue weighted by molar-refractivity contribution is -0.00500. The van der Waals surface area contributed by atoms with Crippen molar-refractivity contribution in [2.24, 2.45) is 0 Å². The zero-order valence-electron chi connectivity index (χ0n) is 11.0. The predicted molar refractivity (Wildman–Crippen MR) is 76.0 cm³/mol. The van der Waals surface area contributed by atoms with Crippen LogP contribution in [-0.4, -0.2) is 18.7 Å². The Balaban J connectivity index is 1.89. The lowest BCUT2D eigenvalue weighted by Gasteiger charge is -2.32. The van der Waals surface area contributed by atoms with Crippen molar-refractivity contribution in [3.63, 3.8) is 0 Å². The summed E-state index contributed by atoms with van der Waals surface area (Å²) < 4.78 is 6.07. The van der Waals surface area contributed by atoms with E-state index in [0.717, 1.165) is 23.6 Å². The lowest BCUT2D eigenvalue weighted by atomic mass is 9.92. The first-order valence-corrected chi connectivity index (χ1v) is 7.27.